The fourth-order valence-electron chi connectivity index (χ4n) is 3.55. The molecular weight excluding hydrogens is 420 g/mol. The van der Waals surface area contributed by atoms with Gasteiger partial charge in [-0.3, -0.25) is 18.7 Å². The molecule has 1 saturated heterocycles. The summed E-state index contributed by atoms with van der Waals surface area (Å²) in [5, 5.41) is 6.58. The Morgan fingerprint density at radius 3 is 2.56 bits per heavy atom. The molecule has 1 aromatic carbocycles. The summed E-state index contributed by atoms with van der Waals surface area (Å²) < 4.78 is 29.2. The lowest BCUT2D eigenvalue weighted by Crippen LogP contribution is -2.58. The Morgan fingerprint density at radius 2 is 1.84 bits per heavy atom. The van der Waals surface area contributed by atoms with Crippen molar-refractivity contribution in [2.24, 2.45) is 7.05 Å². The van der Waals surface area contributed by atoms with E-state index in [2.05, 4.69) is 20.4 Å². The summed E-state index contributed by atoms with van der Waals surface area (Å²) in [5.41, 5.74) is 1.57. The largest absolute Gasteiger partial charge is 0.326 e. The number of likely N-dealkylation sites (tertiary alicyclic amines) is 1. The molecule has 1 aliphatic rings. The summed E-state index contributed by atoms with van der Waals surface area (Å²) in [5.74, 6) is -3.60. The van der Waals surface area contributed by atoms with Crippen LogP contribution in [0, 0.1) is 0 Å². The topological polar surface area (TPSA) is 97.4 Å². The van der Waals surface area contributed by atoms with Crippen molar-refractivity contribution in [3.63, 3.8) is 0 Å². The highest BCUT2D eigenvalue weighted by atomic mass is 19.3. The summed E-state index contributed by atoms with van der Waals surface area (Å²) >= 11 is 0. The van der Waals surface area contributed by atoms with Crippen molar-refractivity contribution >= 4 is 23.4 Å². The number of hydrogen-bond donors (Lipinski definition) is 1. The molecule has 2 amide bonds. The maximum Gasteiger partial charge on any atom is 0.282 e. The first-order valence-electron chi connectivity index (χ1n) is 9.72. The van der Waals surface area contributed by atoms with Gasteiger partial charge >= 0.3 is 0 Å². The lowest BCUT2D eigenvalue weighted by Gasteiger charge is -2.38. The van der Waals surface area contributed by atoms with Gasteiger partial charge in [-0.25, -0.2) is 13.8 Å². The van der Waals surface area contributed by atoms with E-state index in [-0.39, 0.29) is 17.1 Å². The van der Waals surface area contributed by atoms with Gasteiger partial charge in [0.05, 0.1) is 30.5 Å². The predicted molar refractivity (Wildman–Crippen MR) is 110 cm³/mol. The molecule has 0 saturated carbocycles. The fourth-order valence-corrected chi connectivity index (χ4v) is 3.55. The standard InChI is InChI=1S/C21H17F2N7O2/c1-28-17(14(9-24-28)19(32)30-11-21(22,23)12-30)18(31)26-16-7-8-29-10-15(25-20(29)27-16)13-5-3-2-4-6-13/h2-10H,11-12H2,1H3,(H,25,26,27,31). The molecule has 11 heteroatoms. The second-order valence-electron chi connectivity index (χ2n) is 7.51. The van der Waals surface area contributed by atoms with Crippen LogP contribution in [0.1, 0.15) is 20.8 Å². The van der Waals surface area contributed by atoms with Gasteiger partial charge in [-0.15, -0.1) is 0 Å². The number of halogens is 2. The summed E-state index contributed by atoms with van der Waals surface area (Å²) in [6, 6.07) is 11.2. The summed E-state index contributed by atoms with van der Waals surface area (Å²) in [7, 11) is 1.49. The molecule has 0 spiro atoms. The van der Waals surface area contributed by atoms with E-state index in [1.165, 1.54) is 17.9 Å². The molecule has 1 fully saturated rings. The van der Waals surface area contributed by atoms with Gasteiger partial charge in [-0.2, -0.15) is 10.1 Å². The molecule has 4 heterocycles. The van der Waals surface area contributed by atoms with E-state index in [9.17, 15) is 18.4 Å². The number of alkyl halides is 2. The third-order valence-electron chi connectivity index (χ3n) is 5.15. The molecule has 9 nitrogen and oxygen atoms in total. The summed E-state index contributed by atoms with van der Waals surface area (Å²) in [6.45, 7) is -1.35. The Balaban J connectivity index is 1.38. The number of rotatable bonds is 4. The van der Waals surface area contributed by atoms with Crippen LogP contribution in [0.5, 0.6) is 0 Å². The minimum atomic E-state index is -2.90. The number of anilines is 1. The molecule has 0 aliphatic carbocycles. The highest BCUT2D eigenvalue weighted by Crippen LogP contribution is 2.28. The molecule has 0 radical (unpaired) electrons. The van der Waals surface area contributed by atoms with Crippen LogP contribution in [0.25, 0.3) is 17.0 Å². The molecule has 0 unspecified atom stereocenters. The Kier molecular flexibility index (Phi) is 4.47. The second-order valence-corrected chi connectivity index (χ2v) is 7.51. The molecule has 32 heavy (non-hydrogen) atoms. The molecular formula is C21H17F2N7O2. The van der Waals surface area contributed by atoms with Crippen LogP contribution < -0.4 is 5.32 Å². The molecule has 0 atom stereocenters. The first kappa shape index (κ1) is 19.8. The Morgan fingerprint density at radius 1 is 1.09 bits per heavy atom. The van der Waals surface area contributed by atoms with Gasteiger partial charge < -0.3 is 10.2 Å². The van der Waals surface area contributed by atoms with Gasteiger partial charge in [0, 0.05) is 25.0 Å². The average Bonchev–Trinajstić information content (AvgIpc) is 3.35. The number of benzene rings is 1. The number of aromatic nitrogens is 5. The van der Waals surface area contributed by atoms with E-state index in [0.717, 1.165) is 16.2 Å². The van der Waals surface area contributed by atoms with E-state index >= 15 is 0 Å². The van der Waals surface area contributed by atoms with Crippen molar-refractivity contribution in [3.8, 4) is 11.3 Å². The van der Waals surface area contributed by atoms with E-state index in [1.54, 1.807) is 16.7 Å². The molecule has 1 N–H and O–H groups in total. The highest BCUT2D eigenvalue weighted by Gasteiger charge is 2.47. The number of aryl methyl sites for hydroxylation is 1. The summed E-state index contributed by atoms with van der Waals surface area (Å²) in [4.78, 5) is 35.2. The van der Waals surface area contributed by atoms with Crippen molar-refractivity contribution in [1.29, 1.82) is 0 Å². The predicted octanol–water partition coefficient (Wildman–Crippen LogP) is 2.47. The summed E-state index contributed by atoms with van der Waals surface area (Å²) in [6.07, 6.45) is 4.73. The minimum absolute atomic E-state index is 0.0415. The van der Waals surface area contributed by atoms with Crippen LogP contribution in [0.4, 0.5) is 14.6 Å². The first-order chi connectivity index (χ1) is 15.3. The molecule has 162 valence electrons. The van der Waals surface area contributed by atoms with E-state index < -0.39 is 30.8 Å². The number of imidazole rings is 1. The van der Waals surface area contributed by atoms with E-state index in [1.807, 2.05) is 36.5 Å². The minimum Gasteiger partial charge on any atom is -0.326 e. The third-order valence-corrected chi connectivity index (χ3v) is 5.15. The number of carbonyl (C=O) groups excluding carboxylic acids is 2. The van der Waals surface area contributed by atoms with E-state index in [0.29, 0.717) is 5.78 Å². The zero-order valence-corrected chi connectivity index (χ0v) is 16.9. The Labute approximate surface area is 180 Å². The smallest absolute Gasteiger partial charge is 0.282 e. The fraction of sp³-hybridized carbons (Fsp3) is 0.190. The normalized spacial score (nSPS) is 14.9. The third kappa shape index (κ3) is 3.47. The molecule has 0 bridgehead atoms. The SMILES string of the molecule is Cn1ncc(C(=O)N2CC(F)(F)C2)c1C(=O)Nc1ccn2cc(-c3ccccc3)nc2n1. The molecule has 3 aromatic heterocycles. The average molecular weight is 437 g/mol. The van der Waals surface area contributed by atoms with Gasteiger partial charge in [0.1, 0.15) is 11.5 Å². The van der Waals surface area contributed by atoms with Gasteiger partial charge in [-0.05, 0) is 6.07 Å². The van der Waals surface area contributed by atoms with Crippen molar-refractivity contribution in [2.75, 3.05) is 18.4 Å². The van der Waals surface area contributed by atoms with Gasteiger partial charge in [-0.1, -0.05) is 30.3 Å². The zero-order chi connectivity index (χ0) is 22.5. The van der Waals surface area contributed by atoms with Crippen molar-refractivity contribution in [3.05, 3.63) is 66.2 Å². The maximum atomic E-state index is 13.1. The number of fused-ring (bicyclic) bond motifs is 1. The quantitative estimate of drug-likeness (QED) is 0.529. The van der Waals surface area contributed by atoms with E-state index in [4.69, 9.17) is 0 Å². The number of hydrogen-bond acceptors (Lipinski definition) is 5. The first-order valence-corrected chi connectivity index (χ1v) is 9.72. The Hall–Kier alpha value is -4.15. The number of amides is 2. The maximum absolute atomic E-state index is 13.1. The van der Waals surface area contributed by atoms with Crippen molar-refractivity contribution in [2.45, 2.75) is 5.92 Å². The van der Waals surface area contributed by atoms with Gasteiger partial charge in [0.15, 0.2) is 0 Å². The zero-order valence-electron chi connectivity index (χ0n) is 16.9. The van der Waals surface area contributed by atoms with Crippen LogP contribution >= 0.6 is 0 Å². The van der Waals surface area contributed by atoms with Crippen molar-refractivity contribution < 1.29 is 18.4 Å². The van der Waals surface area contributed by atoms with Crippen LogP contribution in [-0.4, -0.2) is 59.9 Å². The monoisotopic (exact) mass is 437 g/mol. The molecule has 1 aliphatic heterocycles. The van der Waals surface area contributed by atoms with Gasteiger partial charge in [0.2, 0.25) is 5.78 Å². The van der Waals surface area contributed by atoms with Crippen LogP contribution in [0.2, 0.25) is 0 Å². The number of nitrogens with one attached hydrogen (secondary N) is 1. The lowest BCUT2D eigenvalue weighted by molar-refractivity contribution is -0.113. The second kappa shape index (κ2) is 7.22. The Bertz CT molecular complexity index is 1340. The van der Waals surface area contributed by atoms with Crippen molar-refractivity contribution in [1.82, 2.24) is 29.0 Å². The van der Waals surface area contributed by atoms with Crippen LogP contribution in [0.3, 0.4) is 0 Å². The van der Waals surface area contributed by atoms with Gasteiger partial charge in [0.25, 0.3) is 17.7 Å². The molecule has 5 rings (SSSR count). The number of nitrogens with zero attached hydrogens (tertiary/aromatic N) is 6. The van der Waals surface area contributed by atoms with Crippen LogP contribution in [-0.2, 0) is 7.05 Å². The van der Waals surface area contributed by atoms with Crippen LogP contribution in [0.15, 0.2) is 55.0 Å². The number of carbonyl (C=O) groups is 2. The highest BCUT2D eigenvalue weighted by molar-refractivity contribution is 6.11. The molecule has 4 aromatic rings. The lowest BCUT2D eigenvalue weighted by atomic mass is 10.1.